The van der Waals surface area contributed by atoms with Crippen molar-refractivity contribution in [3.63, 3.8) is 0 Å². The van der Waals surface area contributed by atoms with Crippen LogP contribution < -0.4 is 0 Å². The Kier molecular flexibility index (Phi) is 4.69. The number of carbonyl (C=O) groups excluding carboxylic acids is 2. The second-order valence-corrected chi connectivity index (χ2v) is 8.36. The summed E-state index contributed by atoms with van der Waals surface area (Å²) in [5.41, 5.74) is 1.15. The normalized spacial score (nSPS) is 28.5. The van der Waals surface area contributed by atoms with Crippen molar-refractivity contribution in [2.75, 3.05) is 7.11 Å². The first kappa shape index (κ1) is 17.8. The second kappa shape index (κ2) is 6.34. The average molecular weight is 369 g/mol. The molecule has 3 nitrogen and oxygen atoms in total. The number of rotatable bonds is 7. The Bertz CT molecular complexity index is 663. The molecule has 1 aromatic rings. The number of methoxy groups -OCH3 is 1. The quantitative estimate of drug-likeness (QED) is 0.482. The standard InChI is InChI=1S/C19H22Cl2O3/c1-12(17(23)24-2)19-9-18(10-19,11-19)7-3-4-16(22)13-5-6-14(20)15(21)8-13/h5-6,8,12H,3-4,7,9-11H2,1-2H3/t12-,18?,19?/m1/s1. The number of Topliss-reactive ketones (excluding diaryl/α,β-unsaturated/α-hetero) is 1. The third kappa shape index (κ3) is 2.97. The number of ether oxygens (including phenoxy) is 1. The van der Waals surface area contributed by atoms with Crippen LogP contribution in [-0.2, 0) is 9.53 Å². The van der Waals surface area contributed by atoms with E-state index in [4.69, 9.17) is 27.9 Å². The van der Waals surface area contributed by atoms with Gasteiger partial charge in [0.1, 0.15) is 0 Å². The zero-order valence-corrected chi connectivity index (χ0v) is 15.5. The van der Waals surface area contributed by atoms with E-state index < -0.39 is 0 Å². The zero-order chi connectivity index (χ0) is 17.5. The van der Waals surface area contributed by atoms with Gasteiger partial charge in [-0.2, -0.15) is 0 Å². The van der Waals surface area contributed by atoms with Gasteiger partial charge in [-0.05, 0) is 61.1 Å². The summed E-state index contributed by atoms with van der Waals surface area (Å²) in [5, 5.41) is 0.882. The molecule has 0 N–H and O–H groups in total. The molecule has 0 saturated heterocycles. The second-order valence-electron chi connectivity index (χ2n) is 7.54. The Balaban J connectivity index is 1.45. The van der Waals surface area contributed by atoms with Crippen LogP contribution in [0.1, 0.15) is 55.8 Å². The highest BCUT2D eigenvalue weighted by atomic mass is 35.5. The molecule has 1 atom stereocenters. The van der Waals surface area contributed by atoms with E-state index >= 15 is 0 Å². The van der Waals surface area contributed by atoms with Crippen molar-refractivity contribution in [1.82, 2.24) is 0 Å². The van der Waals surface area contributed by atoms with Gasteiger partial charge in [-0.3, -0.25) is 9.59 Å². The van der Waals surface area contributed by atoms with Crippen LogP contribution in [0.25, 0.3) is 0 Å². The Morgan fingerprint density at radius 1 is 1.21 bits per heavy atom. The van der Waals surface area contributed by atoms with E-state index in [1.54, 1.807) is 18.2 Å². The highest BCUT2D eigenvalue weighted by molar-refractivity contribution is 6.42. The molecular formula is C19H22Cl2O3. The van der Waals surface area contributed by atoms with E-state index in [9.17, 15) is 9.59 Å². The third-order valence-corrected chi connectivity index (χ3v) is 6.75. The fourth-order valence-corrected chi connectivity index (χ4v) is 4.97. The largest absolute Gasteiger partial charge is 0.469 e. The maximum absolute atomic E-state index is 12.2. The van der Waals surface area contributed by atoms with Crippen LogP contribution in [0.4, 0.5) is 0 Å². The third-order valence-electron chi connectivity index (χ3n) is 6.01. The summed E-state index contributed by atoms with van der Waals surface area (Å²) in [6, 6.07) is 5.03. The highest BCUT2D eigenvalue weighted by Crippen LogP contribution is 2.77. The fraction of sp³-hybridized carbons (Fsp3) is 0.579. The van der Waals surface area contributed by atoms with Gasteiger partial charge in [-0.1, -0.05) is 30.1 Å². The van der Waals surface area contributed by atoms with Gasteiger partial charge in [0.15, 0.2) is 5.78 Å². The van der Waals surface area contributed by atoms with Gasteiger partial charge >= 0.3 is 5.97 Å². The van der Waals surface area contributed by atoms with Gasteiger partial charge in [0.05, 0.1) is 23.1 Å². The fourth-order valence-electron chi connectivity index (χ4n) is 4.67. The topological polar surface area (TPSA) is 43.4 Å². The number of halogens is 2. The number of hydrogen-bond donors (Lipinski definition) is 0. The van der Waals surface area contributed by atoms with Gasteiger partial charge in [-0.15, -0.1) is 0 Å². The lowest BCUT2D eigenvalue weighted by Gasteiger charge is -2.73. The SMILES string of the molecule is COC(=O)[C@@H](C)C12CC(CCCC(=O)c3ccc(Cl)c(Cl)c3)(C1)C2. The van der Waals surface area contributed by atoms with Crippen molar-refractivity contribution < 1.29 is 14.3 Å². The van der Waals surface area contributed by atoms with E-state index in [1.165, 1.54) is 7.11 Å². The first-order valence-electron chi connectivity index (χ1n) is 8.37. The molecule has 1 aromatic carbocycles. The van der Waals surface area contributed by atoms with Crippen LogP contribution in [0.3, 0.4) is 0 Å². The molecule has 3 aliphatic carbocycles. The molecule has 24 heavy (non-hydrogen) atoms. The van der Waals surface area contributed by atoms with E-state index in [0.717, 1.165) is 32.1 Å². The predicted octanol–water partition coefficient (Wildman–Crippen LogP) is 5.33. The van der Waals surface area contributed by atoms with Crippen LogP contribution in [0.15, 0.2) is 18.2 Å². The molecule has 0 aromatic heterocycles. The summed E-state index contributed by atoms with van der Waals surface area (Å²) in [5.74, 6) is -0.00174. The van der Waals surface area contributed by atoms with Crippen molar-refractivity contribution in [2.24, 2.45) is 16.7 Å². The lowest BCUT2D eigenvalue weighted by molar-refractivity contribution is -0.239. The molecule has 3 fully saturated rings. The van der Waals surface area contributed by atoms with Crippen LogP contribution in [0.5, 0.6) is 0 Å². The highest BCUT2D eigenvalue weighted by Gasteiger charge is 2.69. The smallest absolute Gasteiger partial charge is 0.308 e. The maximum Gasteiger partial charge on any atom is 0.308 e. The van der Waals surface area contributed by atoms with E-state index in [-0.39, 0.29) is 23.1 Å². The van der Waals surface area contributed by atoms with Gasteiger partial charge in [0.2, 0.25) is 0 Å². The Morgan fingerprint density at radius 3 is 2.46 bits per heavy atom. The Hall–Kier alpha value is -1.06. The molecule has 3 saturated carbocycles. The first-order valence-corrected chi connectivity index (χ1v) is 9.13. The summed E-state index contributed by atoms with van der Waals surface area (Å²) in [6.45, 7) is 1.97. The summed E-state index contributed by atoms with van der Waals surface area (Å²) >= 11 is 11.8. The minimum Gasteiger partial charge on any atom is -0.469 e. The maximum atomic E-state index is 12.2. The number of hydrogen-bond acceptors (Lipinski definition) is 3. The van der Waals surface area contributed by atoms with Crippen LogP contribution >= 0.6 is 23.2 Å². The zero-order valence-electron chi connectivity index (χ0n) is 14.0. The van der Waals surface area contributed by atoms with Gasteiger partial charge in [-0.25, -0.2) is 0 Å². The molecule has 4 rings (SSSR count). The monoisotopic (exact) mass is 368 g/mol. The lowest BCUT2D eigenvalue weighted by Crippen LogP contribution is -2.65. The summed E-state index contributed by atoms with van der Waals surface area (Å²) in [4.78, 5) is 24.0. The summed E-state index contributed by atoms with van der Waals surface area (Å²) < 4.78 is 4.87. The molecule has 0 radical (unpaired) electrons. The van der Waals surface area contributed by atoms with Crippen LogP contribution in [-0.4, -0.2) is 18.9 Å². The van der Waals surface area contributed by atoms with E-state index in [1.807, 2.05) is 6.92 Å². The van der Waals surface area contributed by atoms with Crippen molar-refractivity contribution in [3.8, 4) is 0 Å². The molecule has 3 aliphatic rings. The molecular weight excluding hydrogens is 347 g/mol. The minimum absolute atomic E-state index is 0.0118. The van der Waals surface area contributed by atoms with Crippen molar-refractivity contribution in [3.05, 3.63) is 33.8 Å². The Morgan fingerprint density at radius 2 is 1.88 bits per heavy atom. The Labute approximate surface area is 152 Å². The molecule has 0 aliphatic heterocycles. The van der Waals surface area contributed by atoms with Crippen LogP contribution in [0, 0.1) is 16.7 Å². The van der Waals surface area contributed by atoms with Gasteiger partial charge < -0.3 is 4.74 Å². The molecule has 0 unspecified atom stereocenters. The number of benzene rings is 1. The molecule has 0 spiro atoms. The molecule has 0 heterocycles. The van der Waals surface area contributed by atoms with Gasteiger partial charge in [0.25, 0.3) is 0 Å². The average Bonchev–Trinajstić information content (AvgIpc) is 2.49. The van der Waals surface area contributed by atoms with Crippen LogP contribution in [0.2, 0.25) is 10.0 Å². The molecule has 5 heteroatoms. The molecule has 0 amide bonds. The predicted molar refractivity (Wildman–Crippen MR) is 94.5 cm³/mol. The van der Waals surface area contributed by atoms with Crippen molar-refractivity contribution >= 4 is 35.0 Å². The van der Waals surface area contributed by atoms with Gasteiger partial charge in [0, 0.05) is 12.0 Å². The number of ketones is 1. The molecule has 130 valence electrons. The number of carbonyl (C=O) groups is 2. The summed E-state index contributed by atoms with van der Waals surface area (Å²) in [7, 11) is 1.45. The van der Waals surface area contributed by atoms with E-state index in [2.05, 4.69) is 0 Å². The summed E-state index contributed by atoms with van der Waals surface area (Å²) in [6.07, 6.45) is 5.74. The first-order chi connectivity index (χ1) is 11.3. The lowest BCUT2D eigenvalue weighted by atomic mass is 9.31. The number of esters is 1. The van der Waals surface area contributed by atoms with E-state index in [0.29, 0.717) is 27.4 Å². The van der Waals surface area contributed by atoms with Crippen molar-refractivity contribution in [1.29, 1.82) is 0 Å². The minimum atomic E-state index is -0.0990. The molecule has 2 bridgehead atoms. The van der Waals surface area contributed by atoms with Crippen molar-refractivity contribution in [2.45, 2.75) is 45.4 Å².